The number of nitrogens with one attached hydrogen (secondary N) is 1. The number of Topliss-reactive ketones (excluding diaryl/α,β-unsaturated/α-hetero) is 1. The fraction of sp³-hybridized carbons (Fsp3) is 0.263. The van der Waals surface area contributed by atoms with Crippen molar-refractivity contribution in [3.63, 3.8) is 0 Å². The lowest BCUT2D eigenvalue weighted by molar-refractivity contribution is -0.119. The summed E-state index contributed by atoms with van der Waals surface area (Å²) < 4.78 is 26.5. The number of carbonyl (C=O) groups is 2. The van der Waals surface area contributed by atoms with E-state index in [0.717, 1.165) is 5.56 Å². The van der Waals surface area contributed by atoms with Gasteiger partial charge in [0.2, 0.25) is 5.91 Å². The summed E-state index contributed by atoms with van der Waals surface area (Å²) in [7, 11) is -3.97. The smallest absolute Gasteiger partial charge is 0.264 e. The number of benzene rings is 2. The molecular weight excluding hydrogens is 338 g/mol. The predicted octanol–water partition coefficient (Wildman–Crippen LogP) is 3.03. The Balaban J connectivity index is 1.93. The summed E-state index contributed by atoms with van der Waals surface area (Å²) in [5.74, 6) is -0.790. The lowest BCUT2D eigenvalue weighted by Gasteiger charge is -2.08. The second-order valence-corrected chi connectivity index (χ2v) is 7.63. The van der Waals surface area contributed by atoms with Crippen molar-refractivity contribution in [2.45, 2.75) is 38.0 Å². The highest BCUT2D eigenvalue weighted by Gasteiger charge is 2.18. The largest absolute Gasteiger partial charge is 0.295 e. The maximum absolute atomic E-state index is 12.2. The Bertz CT molecular complexity index is 871. The molecule has 0 saturated carbocycles. The number of amides is 1. The minimum atomic E-state index is -3.97. The average molecular weight is 359 g/mol. The number of hydrogen-bond donors (Lipinski definition) is 1. The summed E-state index contributed by atoms with van der Waals surface area (Å²) in [5.41, 5.74) is 2.56. The fourth-order valence-electron chi connectivity index (χ4n) is 2.35. The zero-order chi connectivity index (χ0) is 18.4. The SMILES string of the molecule is CC(=O)c1cccc(S(=O)(=O)NC(=O)CCCc2ccc(C)cc2)c1. The first kappa shape index (κ1) is 18.9. The molecule has 0 radical (unpaired) electrons. The predicted molar refractivity (Wildman–Crippen MR) is 95.9 cm³/mol. The molecule has 0 spiro atoms. The van der Waals surface area contributed by atoms with Crippen LogP contribution in [0.5, 0.6) is 0 Å². The van der Waals surface area contributed by atoms with Crippen LogP contribution in [-0.4, -0.2) is 20.1 Å². The summed E-state index contributed by atoms with van der Waals surface area (Å²) in [4.78, 5) is 23.2. The van der Waals surface area contributed by atoms with Gasteiger partial charge >= 0.3 is 0 Å². The highest BCUT2D eigenvalue weighted by Crippen LogP contribution is 2.13. The van der Waals surface area contributed by atoms with Crippen LogP contribution in [0, 0.1) is 6.92 Å². The van der Waals surface area contributed by atoms with Gasteiger partial charge in [0.05, 0.1) is 4.90 Å². The first-order valence-corrected chi connectivity index (χ1v) is 9.48. The van der Waals surface area contributed by atoms with Crippen LogP contribution in [0.4, 0.5) is 0 Å². The van der Waals surface area contributed by atoms with Crippen LogP contribution in [0.1, 0.15) is 41.3 Å². The Labute approximate surface area is 148 Å². The van der Waals surface area contributed by atoms with E-state index < -0.39 is 15.9 Å². The Morgan fingerprint density at radius 1 is 1.04 bits per heavy atom. The van der Waals surface area contributed by atoms with Gasteiger partial charge in [-0.15, -0.1) is 0 Å². The van der Waals surface area contributed by atoms with E-state index in [4.69, 9.17) is 0 Å². The molecule has 0 bridgehead atoms. The molecule has 0 aliphatic heterocycles. The molecule has 0 saturated heterocycles. The monoisotopic (exact) mass is 359 g/mol. The molecule has 0 aliphatic rings. The lowest BCUT2D eigenvalue weighted by atomic mass is 10.1. The van der Waals surface area contributed by atoms with Crippen molar-refractivity contribution in [2.75, 3.05) is 0 Å². The van der Waals surface area contributed by atoms with Crippen molar-refractivity contribution in [3.8, 4) is 0 Å². The van der Waals surface area contributed by atoms with E-state index in [-0.39, 0.29) is 22.7 Å². The molecule has 1 N–H and O–H groups in total. The van der Waals surface area contributed by atoms with Gasteiger partial charge in [0.15, 0.2) is 5.78 Å². The third-order valence-electron chi connectivity index (χ3n) is 3.79. The van der Waals surface area contributed by atoms with E-state index >= 15 is 0 Å². The van der Waals surface area contributed by atoms with E-state index in [9.17, 15) is 18.0 Å². The van der Waals surface area contributed by atoms with Gasteiger partial charge in [-0.2, -0.15) is 0 Å². The van der Waals surface area contributed by atoms with Crippen molar-refractivity contribution in [3.05, 3.63) is 65.2 Å². The van der Waals surface area contributed by atoms with Crippen LogP contribution in [-0.2, 0) is 21.2 Å². The lowest BCUT2D eigenvalue weighted by Crippen LogP contribution is -2.30. The molecular formula is C19H21NO4S. The standard InChI is InChI=1S/C19H21NO4S/c1-14-9-11-16(12-10-14)5-3-8-19(22)20-25(23,24)18-7-4-6-17(13-18)15(2)21/h4,6-7,9-13H,3,5,8H2,1-2H3,(H,20,22). The highest BCUT2D eigenvalue weighted by molar-refractivity contribution is 7.90. The van der Waals surface area contributed by atoms with Crippen LogP contribution in [0.2, 0.25) is 0 Å². The van der Waals surface area contributed by atoms with Gasteiger partial charge in [0.25, 0.3) is 10.0 Å². The molecule has 6 heteroatoms. The van der Waals surface area contributed by atoms with Gasteiger partial charge in [-0.05, 0) is 44.4 Å². The topological polar surface area (TPSA) is 80.3 Å². The number of hydrogen-bond acceptors (Lipinski definition) is 4. The number of rotatable bonds is 7. The molecule has 0 fully saturated rings. The maximum atomic E-state index is 12.2. The summed E-state index contributed by atoms with van der Waals surface area (Å²) in [6.07, 6.45) is 1.37. The van der Waals surface area contributed by atoms with Crippen molar-refractivity contribution < 1.29 is 18.0 Å². The van der Waals surface area contributed by atoms with Gasteiger partial charge in [-0.1, -0.05) is 42.0 Å². The second-order valence-electron chi connectivity index (χ2n) is 5.95. The second kappa shape index (κ2) is 8.07. The van der Waals surface area contributed by atoms with E-state index in [1.54, 1.807) is 0 Å². The molecule has 0 atom stereocenters. The molecule has 5 nitrogen and oxygen atoms in total. The van der Waals surface area contributed by atoms with Gasteiger partial charge in [0, 0.05) is 12.0 Å². The quantitative estimate of drug-likeness (QED) is 0.771. The van der Waals surface area contributed by atoms with Crippen LogP contribution in [0.15, 0.2) is 53.4 Å². The van der Waals surface area contributed by atoms with Gasteiger partial charge < -0.3 is 0 Å². The number of aryl methyl sites for hydroxylation is 2. The van der Waals surface area contributed by atoms with E-state index in [1.165, 1.54) is 36.8 Å². The van der Waals surface area contributed by atoms with Crippen molar-refractivity contribution >= 4 is 21.7 Å². The van der Waals surface area contributed by atoms with Crippen LogP contribution in [0.25, 0.3) is 0 Å². The zero-order valence-corrected chi connectivity index (χ0v) is 15.1. The summed E-state index contributed by atoms with van der Waals surface area (Å²) in [5, 5.41) is 0. The van der Waals surface area contributed by atoms with Gasteiger partial charge in [-0.25, -0.2) is 13.1 Å². The summed E-state index contributed by atoms with van der Waals surface area (Å²) in [6.45, 7) is 3.36. The van der Waals surface area contributed by atoms with Crippen molar-refractivity contribution in [1.29, 1.82) is 0 Å². The third kappa shape index (κ3) is 5.53. The zero-order valence-electron chi connectivity index (χ0n) is 14.3. The minimum absolute atomic E-state index is 0.0907. The molecule has 132 valence electrons. The maximum Gasteiger partial charge on any atom is 0.264 e. The molecule has 0 aromatic heterocycles. The fourth-order valence-corrected chi connectivity index (χ4v) is 3.41. The summed E-state index contributed by atoms with van der Waals surface area (Å²) in [6, 6.07) is 13.6. The first-order chi connectivity index (χ1) is 11.8. The molecule has 0 heterocycles. The molecule has 2 aromatic carbocycles. The van der Waals surface area contributed by atoms with Crippen molar-refractivity contribution in [1.82, 2.24) is 4.72 Å². The molecule has 2 rings (SSSR count). The van der Waals surface area contributed by atoms with Crippen LogP contribution in [0.3, 0.4) is 0 Å². The highest BCUT2D eigenvalue weighted by atomic mass is 32.2. The van der Waals surface area contributed by atoms with Gasteiger partial charge in [0.1, 0.15) is 0 Å². The Morgan fingerprint density at radius 2 is 1.72 bits per heavy atom. The van der Waals surface area contributed by atoms with Gasteiger partial charge in [-0.3, -0.25) is 9.59 Å². The number of carbonyl (C=O) groups excluding carboxylic acids is 2. The third-order valence-corrected chi connectivity index (χ3v) is 5.16. The number of sulfonamides is 1. The van der Waals surface area contributed by atoms with Crippen LogP contribution < -0.4 is 4.72 Å². The molecule has 1 amide bonds. The van der Waals surface area contributed by atoms with Crippen molar-refractivity contribution in [2.24, 2.45) is 0 Å². The first-order valence-electron chi connectivity index (χ1n) is 8.00. The van der Waals surface area contributed by atoms with E-state index in [1.807, 2.05) is 31.2 Å². The summed E-state index contributed by atoms with van der Waals surface area (Å²) >= 11 is 0. The van der Waals surface area contributed by atoms with E-state index in [2.05, 4.69) is 4.72 Å². The number of ketones is 1. The Morgan fingerprint density at radius 3 is 2.36 bits per heavy atom. The Hall–Kier alpha value is -2.47. The molecule has 0 unspecified atom stereocenters. The Kier molecular flexibility index (Phi) is 6.09. The minimum Gasteiger partial charge on any atom is -0.295 e. The normalized spacial score (nSPS) is 11.1. The van der Waals surface area contributed by atoms with Crippen LogP contribution >= 0.6 is 0 Å². The average Bonchev–Trinajstić information content (AvgIpc) is 2.56. The molecule has 25 heavy (non-hydrogen) atoms. The molecule has 0 aliphatic carbocycles. The molecule has 2 aromatic rings. The van der Waals surface area contributed by atoms with E-state index in [0.29, 0.717) is 12.8 Å².